The van der Waals surface area contributed by atoms with Gasteiger partial charge in [0.1, 0.15) is 5.75 Å². The summed E-state index contributed by atoms with van der Waals surface area (Å²) < 4.78 is 6.91. The average molecular weight is 268 g/mol. The summed E-state index contributed by atoms with van der Waals surface area (Å²) in [5.74, 6) is 0.816. The van der Waals surface area contributed by atoms with Gasteiger partial charge in [-0.3, -0.25) is 4.57 Å². The Bertz CT molecular complexity index is 797. The molecule has 0 unspecified atom stereocenters. The molecule has 0 fully saturated rings. The molecule has 0 radical (unpaired) electrons. The number of para-hydroxylation sites is 1. The van der Waals surface area contributed by atoms with Gasteiger partial charge in [-0.05, 0) is 36.2 Å². The zero-order chi connectivity index (χ0) is 14.1. The number of H-pyrrole nitrogens is 1. The minimum atomic E-state index is -0.0786. The normalized spacial score (nSPS) is 10.9. The van der Waals surface area contributed by atoms with Crippen LogP contribution in [-0.2, 0) is 6.54 Å². The van der Waals surface area contributed by atoms with Crippen LogP contribution in [0.3, 0.4) is 0 Å². The topological polar surface area (TPSA) is 47.0 Å². The molecule has 2 aromatic carbocycles. The molecule has 0 saturated carbocycles. The van der Waals surface area contributed by atoms with Gasteiger partial charge in [-0.2, -0.15) is 0 Å². The first-order chi connectivity index (χ1) is 9.69. The summed E-state index contributed by atoms with van der Waals surface area (Å²) in [6, 6.07) is 13.6. The molecule has 0 bridgehead atoms. The van der Waals surface area contributed by atoms with E-state index < -0.39 is 0 Å². The second-order valence-corrected chi connectivity index (χ2v) is 4.84. The molecule has 0 aliphatic rings. The average Bonchev–Trinajstić information content (AvgIpc) is 2.77. The van der Waals surface area contributed by atoms with Gasteiger partial charge in [-0.15, -0.1) is 0 Å². The maximum atomic E-state index is 12.1. The number of aromatic nitrogens is 2. The Hall–Kier alpha value is -2.49. The van der Waals surface area contributed by atoms with Crippen molar-refractivity contribution in [3.05, 3.63) is 64.1 Å². The lowest BCUT2D eigenvalue weighted by Gasteiger charge is -2.06. The van der Waals surface area contributed by atoms with E-state index in [0.29, 0.717) is 6.54 Å². The van der Waals surface area contributed by atoms with E-state index in [0.717, 1.165) is 27.9 Å². The fraction of sp³-hybridized carbons (Fsp3) is 0.188. The number of benzene rings is 2. The molecule has 0 saturated heterocycles. The van der Waals surface area contributed by atoms with Crippen LogP contribution in [-0.4, -0.2) is 16.7 Å². The molecule has 3 aromatic rings. The molecule has 1 N–H and O–H groups in total. The van der Waals surface area contributed by atoms with Crippen LogP contribution < -0.4 is 10.4 Å². The van der Waals surface area contributed by atoms with Gasteiger partial charge < -0.3 is 9.72 Å². The lowest BCUT2D eigenvalue weighted by Crippen LogP contribution is -2.17. The van der Waals surface area contributed by atoms with E-state index in [-0.39, 0.29) is 5.69 Å². The Kier molecular flexibility index (Phi) is 3.06. The molecule has 0 aliphatic heterocycles. The third-order valence-electron chi connectivity index (χ3n) is 3.49. The summed E-state index contributed by atoms with van der Waals surface area (Å²) >= 11 is 0. The van der Waals surface area contributed by atoms with Crippen molar-refractivity contribution in [2.24, 2.45) is 0 Å². The first-order valence-electron chi connectivity index (χ1n) is 6.50. The zero-order valence-electron chi connectivity index (χ0n) is 11.5. The standard InChI is InChI=1S/C16H16N2O2/c1-11-4-3-5-14-15(11)18(16(19)17-14)10-12-6-8-13(20-2)9-7-12/h3-9H,10H2,1-2H3,(H,17,19). The predicted molar refractivity (Wildman–Crippen MR) is 79.4 cm³/mol. The van der Waals surface area contributed by atoms with Gasteiger partial charge in [-0.25, -0.2) is 4.79 Å². The SMILES string of the molecule is COc1ccc(Cn2c(=O)[nH]c3cccc(C)c32)cc1. The first kappa shape index (κ1) is 12.5. The van der Waals surface area contributed by atoms with Gasteiger partial charge in [0.05, 0.1) is 24.7 Å². The van der Waals surface area contributed by atoms with E-state index in [1.54, 1.807) is 11.7 Å². The summed E-state index contributed by atoms with van der Waals surface area (Å²) in [7, 11) is 1.64. The molecule has 1 aromatic heterocycles. The van der Waals surface area contributed by atoms with Crippen molar-refractivity contribution in [2.45, 2.75) is 13.5 Å². The first-order valence-corrected chi connectivity index (χ1v) is 6.50. The number of fused-ring (bicyclic) bond motifs is 1. The van der Waals surface area contributed by atoms with E-state index in [4.69, 9.17) is 4.74 Å². The number of rotatable bonds is 3. The van der Waals surface area contributed by atoms with Gasteiger partial charge in [0.25, 0.3) is 0 Å². The number of methoxy groups -OCH3 is 1. The third kappa shape index (κ3) is 2.09. The highest BCUT2D eigenvalue weighted by atomic mass is 16.5. The van der Waals surface area contributed by atoms with Crippen molar-refractivity contribution in [2.75, 3.05) is 7.11 Å². The van der Waals surface area contributed by atoms with Crippen LogP contribution >= 0.6 is 0 Å². The Morgan fingerprint density at radius 3 is 2.60 bits per heavy atom. The van der Waals surface area contributed by atoms with E-state index >= 15 is 0 Å². The minimum Gasteiger partial charge on any atom is -0.497 e. The second-order valence-electron chi connectivity index (χ2n) is 4.84. The molecule has 1 heterocycles. The lowest BCUT2D eigenvalue weighted by molar-refractivity contribution is 0.414. The summed E-state index contributed by atoms with van der Waals surface area (Å²) in [4.78, 5) is 15.0. The molecule has 20 heavy (non-hydrogen) atoms. The van der Waals surface area contributed by atoms with E-state index in [9.17, 15) is 4.79 Å². The van der Waals surface area contributed by atoms with Crippen molar-refractivity contribution in [3.8, 4) is 5.75 Å². The second kappa shape index (κ2) is 4.89. The van der Waals surface area contributed by atoms with Crippen LogP contribution in [0.15, 0.2) is 47.3 Å². The maximum absolute atomic E-state index is 12.1. The Morgan fingerprint density at radius 1 is 1.15 bits per heavy atom. The van der Waals surface area contributed by atoms with Gasteiger partial charge >= 0.3 is 5.69 Å². The predicted octanol–water partition coefficient (Wildman–Crippen LogP) is 2.69. The zero-order valence-corrected chi connectivity index (χ0v) is 11.5. The van der Waals surface area contributed by atoms with Crippen molar-refractivity contribution in [3.63, 3.8) is 0 Å². The van der Waals surface area contributed by atoms with E-state index in [2.05, 4.69) is 4.98 Å². The molecule has 4 heteroatoms. The van der Waals surface area contributed by atoms with Gasteiger partial charge in [-0.1, -0.05) is 24.3 Å². The quantitative estimate of drug-likeness (QED) is 0.794. The Morgan fingerprint density at radius 2 is 1.90 bits per heavy atom. The number of hydrogen-bond acceptors (Lipinski definition) is 2. The van der Waals surface area contributed by atoms with Gasteiger partial charge in [0.2, 0.25) is 0 Å². The fourth-order valence-corrected chi connectivity index (χ4v) is 2.47. The fourth-order valence-electron chi connectivity index (χ4n) is 2.47. The molecule has 0 spiro atoms. The molecule has 102 valence electrons. The molecular formula is C16H16N2O2. The highest BCUT2D eigenvalue weighted by molar-refractivity contribution is 5.78. The van der Waals surface area contributed by atoms with Crippen LogP contribution in [0.1, 0.15) is 11.1 Å². The van der Waals surface area contributed by atoms with E-state index in [1.807, 2.05) is 49.4 Å². The summed E-state index contributed by atoms with van der Waals surface area (Å²) in [6.45, 7) is 2.56. The van der Waals surface area contributed by atoms with Crippen LogP contribution in [0.4, 0.5) is 0 Å². The van der Waals surface area contributed by atoms with Crippen molar-refractivity contribution in [1.29, 1.82) is 0 Å². The third-order valence-corrected chi connectivity index (χ3v) is 3.49. The molecule has 0 amide bonds. The molecular weight excluding hydrogens is 252 g/mol. The Balaban J connectivity index is 2.05. The molecule has 0 aliphatic carbocycles. The number of imidazole rings is 1. The number of nitrogens with one attached hydrogen (secondary N) is 1. The number of aromatic amines is 1. The number of aryl methyl sites for hydroxylation is 1. The molecule has 4 nitrogen and oxygen atoms in total. The van der Waals surface area contributed by atoms with Crippen molar-refractivity contribution >= 4 is 11.0 Å². The summed E-state index contributed by atoms with van der Waals surface area (Å²) in [5, 5.41) is 0. The smallest absolute Gasteiger partial charge is 0.326 e. The largest absolute Gasteiger partial charge is 0.497 e. The van der Waals surface area contributed by atoms with Gasteiger partial charge in [0.15, 0.2) is 0 Å². The lowest BCUT2D eigenvalue weighted by atomic mass is 10.2. The monoisotopic (exact) mass is 268 g/mol. The van der Waals surface area contributed by atoms with Crippen LogP contribution in [0.2, 0.25) is 0 Å². The minimum absolute atomic E-state index is 0.0786. The summed E-state index contributed by atoms with van der Waals surface area (Å²) in [6.07, 6.45) is 0. The molecule has 3 rings (SSSR count). The number of hydrogen-bond donors (Lipinski definition) is 1. The van der Waals surface area contributed by atoms with Crippen LogP contribution in [0.25, 0.3) is 11.0 Å². The van der Waals surface area contributed by atoms with Crippen LogP contribution in [0, 0.1) is 6.92 Å². The van der Waals surface area contributed by atoms with Crippen molar-refractivity contribution in [1.82, 2.24) is 9.55 Å². The highest BCUT2D eigenvalue weighted by Crippen LogP contribution is 2.17. The van der Waals surface area contributed by atoms with Gasteiger partial charge in [0, 0.05) is 0 Å². The van der Waals surface area contributed by atoms with Crippen molar-refractivity contribution < 1.29 is 4.74 Å². The maximum Gasteiger partial charge on any atom is 0.326 e. The Labute approximate surface area is 116 Å². The molecule has 0 atom stereocenters. The van der Waals surface area contributed by atoms with Crippen LogP contribution in [0.5, 0.6) is 5.75 Å². The highest BCUT2D eigenvalue weighted by Gasteiger charge is 2.09. The van der Waals surface area contributed by atoms with E-state index in [1.165, 1.54) is 0 Å². The number of ether oxygens (including phenoxy) is 1. The number of nitrogens with zero attached hydrogens (tertiary/aromatic N) is 1. The summed E-state index contributed by atoms with van der Waals surface area (Å²) in [5.41, 5.74) is 3.92.